The highest BCUT2D eigenvalue weighted by molar-refractivity contribution is 7.88. The third kappa shape index (κ3) is 5.75. The van der Waals surface area contributed by atoms with Gasteiger partial charge in [0.25, 0.3) is 5.91 Å². The summed E-state index contributed by atoms with van der Waals surface area (Å²) in [7, 11) is -3.43. The molecule has 2 aromatic carbocycles. The Morgan fingerprint density at radius 2 is 1.56 bits per heavy atom. The van der Waals surface area contributed by atoms with Gasteiger partial charge in [-0.2, -0.15) is 0 Å². The van der Waals surface area contributed by atoms with Gasteiger partial charge in [0.1, 0.15) is 0 Å². The molecule has 0 saturated carbocycles. The van der Waals surface area contributed by atoms with Crippen molar-refractivity contribution in [1.82, 2.24) is 9.21 Å². The van der Waals surface area contributed by atoms with E-state index in [2.05, 4.69) is 5.32 Å². The van der Waals surface area contributed by atoms with Crippen LogP contribution in [0.4, 0.5) is 5.69 Å². The molecule has 2 aromatic rings. The van der Waals surface area contributed by atoms with E-state index >= 15 is 0 Å². The molecule has 1 heterocycles. The zero-order valence-electron chi connectivity index (χ0n) is 18.7. The summed E-state index contributed by atoms with van der Waals surface area (Å²) in [5.74, 6) is -0.627. The topological polar surface area (TPSA) is 86.8 Å². The van der Waals surface area contributed by atoms with Crippen molar-refractivity contribution in [2.24, 2.45) is 5.92 Å². The largest absolute Gasteiger partial charge is 0.339 e. The van der Waals surface area contributed by atoms with Crippen molar-refractivity contribution in [3.63, 3.8) is 0 Å². The third-order valence-electron chi connectivity index (χ3n) is 5.88. The lowest BCUT2D eigenvalue weighted by molar-refractivity contribution is -0.120. The first-order valence-corrected chi connectivity index (χ1v) is 12.7. The van der Waals surface area contributed by atoms with Crippen LogP contribution < -0.4 is 5.32 Å². The summed E-state index contributed by atoms with van der Waals surface area (Å²) in [6.45, 7) is 5.64. The van der Waals surface area contributed by atoms with Crippen LogP contribution in [-0.2, 0) is 20.6 Å². The predicted octanol–water partition coefficient (Wildman–Crippen LogP) is 3.35. The second kappa shape index (κ2) is 10.7. The number of benzene rings is 2. The van der Waals surface area contributed by atoms with E-state index in [-0.39, 0.29) is 23.5 Å². The van der Waals surface area contributed by atoms with E-state index in [1.165, 1.54) is 4.31 Å². The summed E-state index contributed by atoms with van der Waals surface area (Å²) in [5, 5.41) is 2.90. The summed E-state index contributed by atoms with van der Waals surface area (Å²) in [5.41, 5.74) is 1.71. The monoisotopic (exact) mass is 457 g/mol. The number of nitrogens with zero attached hydrogens (tertiary/aromatic N) is 2. The fraction of sp³-hybridized carbons (Fsp3) is 0.417. The SMILES string of the molecule is CCN(CC)C(=O)c1ccccc1NC(=O)C1CCN(S(=O)(=O)Cc2ccccc2)CC1. The molecule has 0 radical (unpaired) electrons. The number of sulfonamides is 1. The summed E-state index contributed by atoms with van der Waals surface area (Å²) in [6, 6.07) is 16.1. The summed E-state index contributed by atoms with van der Waals surface area (Å²) in [6.07, 6.45) is 0.901. The van der Waals surface area contributed by atoms with Gasteiger partial charge in [-0.1, -0.05) is 42.5 Å². The molecule has 0 spiro atoms. The van der Waals surface area contributed by atoms with Crippen LogP contribution in [0.5, 0.6) is 0 Å². The van der Waals surface area contributed by atoms with E-state index < -0.39 is 10.0 Å². The molecule has 1 aliphatic heterocycles. The molecule has 0 aromatic heterocycles. The zero-order chi connectivity index (χ0) is 23.1. The Hall–Kier alpha value is -2.71. The maximum atomic E-state index is 12.9. The number of carbonyl (C=O) groups excluding carboxylic acids is 2. The third-order valence-corrected chi connectivity index (χ3v) is 7.73. The van der Waals surface area contributed by atoms with Crippen LogP contribution >= 0.6 is 0 Å². The molecule has 2 amide bonds. The molecule has 1 aliphatic rings. The number of carbonyl (C=O) groups is 2. The van der Waals surface area contributed by atoms with Gasteiger partial charge in [0.2, 0.25) is 15.9 Å². The minimum atomic E-state index is -3.43. The molecule has 3 rings (SSSR count). The van der Waals surface area contributed by atoms with Gasteiger partial charge in [-0.15, -0.1) is 0 Å². The number of para-hydroxylation sites is 1. The molecule has 0 unspecified atom stereocenters. The standard InChI is InChI=1S/C24H31N3O4S/c1-3-26(4-2)24(29)21-12-8-9-13-22(21)25-23(28)20-14-16-27(17-15-20)32(30,31)18-19-10-6-5-7-11-19/h5-13,20H,3-4,14-18H2,1-2H3,(H,25,28). The van der Waals surface area contributed by atoms with E-state index in [0.29, 0.717) is 50.3 Å². The Morgan fingerprint density at radius 1 is 0.969 bits per heavy atom. The molecule has 0 aliphatic carbocycles. The van der Waals surface area contributed by atoms with Gasteiger partial charge in [-0.05, 0) is 44.4 Å². The fourth-order valence-corrected chi connectivity index (χ4v) is 5.53. The molecule has 32 heavy (non-hydrogen) atoms. The summed E-state index contributed by atoms with van der Waals surface area (Å²) < 4.78 is 27.0. The van der Waals surface area contributed by atoms with Crippen LogP contribution in [0.3, 0.4) is 0 Å². The van der Waals surface area contributed by atoms with E-state index in [9.17, 15) is 18.0 Å². The number of hydrogen-bond acceptors (Lipinski definition) is 4. The number of rotatable bonds is 8. The van der Waals surface area contributed by atoms with Gasteiger partial charge in [0.05, 0.1) is 17.0 Å². The van der Waals surface area contributed by atoms with E-state index in [4.69, 9.17) is 0 Å². The molecular weight excluding hydrogens is 426 g/mol. The van der Waals surface area contributed by atoms with Gasteiger partial charge in [0.15, 0.2) is 0 Å². The summed E-state index contributed by atoms with van der Waals surface area (Å²) >= 11 is 0. The predicted molar refractivity (Wildman–Crippen MR) is 126 cm³/mol. The molecular formula is C24H31N3O4S. The number of hydrogen-bond donors (Lipinski definition) is 1. The molecule has 0 atom stereocenters. The second-order valence-corrected chi connectivity index (χ2v) is 9.90. The molecule has 1 fully saturated rings. The normalized spacial score (nSPS) is 15.3. The maximum absolute atomic E-state index is 12.9. The van der Waals surface area contributed by atoms with Gasteiger partial charge in [0, 0.05) is 32.1 Å². The van der Waals surface area contributed by atoms with Crippen molar-refractivity contribution in [2.75, 3.05) is 31.5 Å². The maximum Gasteiger partial charge on any atom is 0.255 e. The molecule has 7 nitrogen and oxygen atoms in total. The van der Waals surface area contributed by atoms with Crippen LogP contribution in [0.1, 0.15) is 42.6 Å². The Bertz CT molecular complexity index is 1030. The molecule has 1 saturated heterocycles. The van der Waals surface area contributed by atoms with Crippen molar-refractivity contribution in [1.29, 1.82) is 0 Å². The van der Waals surface area contributed by atoms with Crippen molar-refractivity contribution in [3.05, 3.63) is 65.7 Å². The average Bonchev–Trinajstić information content (AvgIpc) is 2.80. The Labute approximate surface area is 190 Å². The number of anilines is 1. The Balaban J connectivity index is 1.61. The van der Waals surface area contributed by atoms with Crippen LogP contribution in [-0.4, -0.2) is 55.6 Å². The zero-order valence-corrected chi connectivity index (χ0v) is 19.5. The van der Waals surface area contributed by atoms with Crippen LogP contribution in [0, 0.1) is 5.92 Å². The highest BCUT2D eigenvalue weighted by atomic mass is 32.2. The minimum absolute atomic E-state index is 0.0362. The summed E-state index contributed by atoms with van der Waals surface area (Å²) in [4.78, 5) is 27.4. The first-order valence-electron chi connectivity index (χ1n) is 11.1. The van der Waals surface area contributed by atoms with Crippen molar-refractivity contribution in [2.45, 2.75) is 32.4 Å². The molecule has 0 bridgehead atoms. The van der Waals surface area contributed by atoms with Crippen LogP contribution in [0.2, 0.25) is 0 Å². The fourth-order valence-electron chi connectivity index (χ4n) is 3.97. The highest BCUT2D eigenvalue weighted by Crippen LogP contribution is 2.24. The first-order chi connectivity index (χ1) is 15.4. The Kier molecular flexibility index (Phi) is 8.04. The lowest BCUT2D eigenvalue weighted by Crippen LogP contribution is -2.42. The lowest BCUT2D eigenvalue weighted by atomic mass is 9.97. The highest BCUT2D eigenvalue weighted by Gasteiger charge is 2.31. The van der Waals surface area contributed by atoms with Gasteiger partial charge < -0.3 is 10.2 Å². The number of amides is 2. The second-order valence-electron chi connectivity index (χ2n) is 7.93. The quantitative estimate of drug-likeness (QED) is 0.659. The Morgan fingerprint density at radius 3 is 2.19 bits per heavy atom. The smallest absolute Gasteiger partial charge is 0.255 e. The van der Waals surface area contributed by atoms with Gasteiger partial charge in [-0.3, -0.25) is 9.59 Å². The van der Waals surface area contributed by atoms with Crippen LogP contribution in [0.15, 0.2) is 54.6 Å². The molecule has 1 N–H and O–H groups in total. The van der Waals surface area contributed by atoms with Crippen molar-refractivity contribution < 1.29 is 18.0 Å². The minimum Gasteiger partial charge on any atom is -0.339 e. The molecule has 172 valence electrons. The van der Waals surface area contributed by atoms with E-state index in [1.807, 2.05) is 32.0 Å². The van der Waals surface area contributed by atoms with Crippen molar-refractivity contribution in [3.8, 4) is 0 Å². The number of piperidine rings is 1. The van der Waals surface area contributed by atoms with Gasteiger partial charge >= 0.3 is 0 Å². The van der Waals surface area contributed by atoms with E-state index in [0.717, 1.165) is 5.56 Å². The van der Waals surface area contributed by atoms with E-state index in [1.54, 1.807) is 41.3 Å². The van der Waals surface area contributed by atoms with Gasteiger partial charge in [-0.25, -0.2) is 12.7 Å². The van der Waals surface area contributed by atoms with Crippen molar-refractivity contribution >= 4 is 27.5 Å². The first kappa shape index (κ1) is 23.9. The molecule has 8 heteroatoms. The average molecular weight is 458 g/mol. The number of nitrogens with one attached hydrogen (secondary N) is 1. The van der Waals surface area contributed by atoms with Crippen LogP contribution in [0.25, 0.3) is 0 Å². The lowest BCUT2D eigenvalue weighted by Gasteiger charge is -2.30.